The van der Waals surface area contributed by atoms with E-state index >= 15 is 0 Å². The minimum Gasteiger partial charge on any atom is -0.496 e. The maximum atomic E-state index is 12.6. The summed E-state index contributed by atoms with van der Waals surface area (Å²) in [4.78, 5) is 13.6. The minimum atomic E-state index is -0.193. The Balaban J connectivity index is 2.25. The average molecular weight is 350 g/mol. The van der Waals surface area contributed by atoms with Crippen LogP contribution in [0.3, 0.4) is 0 Å². The largest absolute Gasteiger partial charge is 0.496 e. The van der Waals surface area contributed by atoms with Gasteiger partial charge in [-0.1, -0.05) is 29.3 Å². The van der Waals surface area contributed by atoms with Crippen LogP contribution in [0.4, 0.5) is 0 Å². The van der Waals surface area contributed by atoms with Crippen LogP contribution in [0.5, 0.6) is 5.75 Å². The second-order valence-electron chi connectivity index (χ2n) is 5.29. The van der Waals surface area contributed by atoms with E-state index in [2.05, 4.69) is 5.32 Å². The number of nitrogens with one attached hydrogen (secondary N) is 1. The maximum Gasteiger partial charge on any atom is 0.253 e. The van der Waals surface area contributed by atoms with Crippen LogP contribution in [0.1, 0.15) is 34.5 Å². The van der Waals surface area contributed by atoms with E-state index in [-0.39, 0.29) is 11.9 Å². The molecule has 2 aromatic carbocycles. The number of carbonyl (C=O) groups excluding carboxylic acids is 1. The fourth-order valence-corrected chi connectivity index (χ4v) is 2.99. The smallest absolute Gasteiger partial charge is 0.253 e. The summed E-state index contributed by atoms with van der Waals surface area (Å²) in [5.41, 5.74) is 2.54. The minimum absolute atomic E-state index is 0.189. The number of rotatable bonds is 5. The van der Waals surface area contributed by atoms with Gasteiger partial charge in [-0.3, -0.25) is 4.79 Å². The summed E-state index contributed by atoms with van der Waals surface area (Å²) in [5, 5.41) is 3.44. The predicted molar refractivity (Wildman–Crippen MR) is 96.8 cm³/mol. The third kappa shape index (κ3) is 4.21. The lowest BCUT2D eigenvalue weighted by atomic mass is 10.0. The van der Waals surface area contributed by atoms with Crippen LogP contribution < -0.4 is 10.1 Å². The van der Waals surface area contributed by atoms with Crippen molar-refractivity contribution in [2.75, 3.05) is 13.4 Å². The molecule has 0 aliphatic rings. The van der Waals surface area contributed by atoms with Gasteiger partial charge in [-0.05, 0) is 44.4 Å². The summed E-state index contributed by atoms with van der Waals surface area (Å²) in [5.74, 6) is 0.564. The van der Waals surface area contributed by atoms with Crippen molar-refractivity contribution in [3.63, 3.8) is 0 Å². The van der Waals surface area contributed by atoms with Crippen molar-refractivity contribution in [1.82, 2.24) is 5.32 Å². The van der Waals surface area contributed by atoms with Gasteiger partial charge in [0.25, 0.3) is 5.91 Å². The molecule has 0 fully saturated rings. The van der Waals surface area contributed by atoms with Gasteiger partial charge < -0.3 is 10.1 Å². The third-order valence-corrected chi connectivity index (χ3v) is 4.67. The Morgan fingerprint density at radius 2 is 2.00 bits per heavy atom. The molecule has 122 valence electrons. The number of aryl methyl sites for hydroxylation is 1. The van der Waals surface area contributed by atoms with Crippen molar-refractivity contribution in [3.05, 3.63) is 58.1 Å². The highest BCUT2D eigenvalue weighted by atomic mass is 35.5. The molecule has 0 saturated carbocycles. The third-order valence-electron chi connectivity index (χ3n) is 3.62. The molecule has 23 heavy (non-hydrogen) atoms. The molecule has 2 rings (SSSR count). The number of ether oxygens (including phenoxy) is 1. The first kappa shape index (κ1) is 17.7. The first-order chi connectivity index (χ1) is 11.0. The number of benzene rings is 2. The Kier molecular flexibility index (Phi) is 5.97. The number of hydrogen-bond donors (Lipinski definition) is 1. The van der Waals surface area contributed by atoms with Crippen molar-refractivity contribution in [1.29, 1.82) is 0 Å². The summed E-state index contributed by atoms with van der Waals surface area (Å²) in [6, 6.07) is 11.2. The average Bonchev–Trinajstić information content (AvgIpc) is 2.55. The number of thioether (sulfide) groups is 1. The fraction of sp³-hybridized carbons (Fsp3) is 0.278. The number of methoxy groups -OCH3 is 1. The van der Waals surface area contributed by atoms with Gasteiger partial charge in [0.15, 0.2) is 0 Å². The van der Waals surface area contributed by atoms with Crippen LogP contribution in [0.2, 0.25) is 5.02 Å². The topological polar surface area (TPSA) is 38.3 Å². The molecule has 1 atom stereocenters. The molecule has 0 bridgehead atoms. The Morgan fingerprint density at radius 3 is 2.65 bits per heavy atom. The van der Waals surface area contributed by atoms with E-state index < -0.39 is 0 Å². The summed E-state index contributed by atoms with van der Waals surface area (Å²) >= 11 is 7.74. The van der Waals surface area contributed by atoms with E-state index in [0.29, 0.717) is 10.6 Å². The molecule has 0 aromatic heterocycles. The SMILES string of the molecule is COc1ccc(C)cc1C(C)NC(=O)c1cc(SC)ccc1Cl. The monoisotopic (exact) mass is 349 g/mol. The normalized spacial score (nSPS) is 11.9. The van der Waals surface area contributed by atoms with Gasteiger partial charge in [0, 0.05) is 10.5 Å². The molecule has 1 unspecified atom stereocenters. The first-order valence-corrected chi connectivity index (χ1v) is 8.85. The van der Waals surface area contributed by atoms with Crippen LogP contribution in [0, 0.1) is 6.92 Å². The van der Waals surface area contributed by atoms with E-state index in [9.17, 15) is 4.79 Å². The summed E-state index contributed by atoms with van der Waals surface area (Å²) in [6.45, 7) is 3.94. The Hall–Kier alpha value is -1.65. The molecule has 0 saturated heterocycles. The van der Waals surface area contributed by atoms with E-state index in [1.807, 2.05) is 50.4 Å². The fourth-order valence-electron chi connectivity index (χ4n) is 2.35. The summed E-state index contributed by atoms with van der Waals surface area (Å²) < 4.78 is 5.39. The van der Waals surface area contributed by atoms with Gasteiger partial charge >= 0.3 is 0 Å². The van der Waals surface area contributed by atoms with Crippen LogP contribution >= 0.6 is 23.4 Å². The molecular formula is C18H20ClNO2S. The van der Waals surface area contributed by atoms with Crippen molar-refractivity contribution in [2.45, 2.75) is 24.8 Å². The molecule has 0 heterocycles. The quantitative estimate of drug-likeness (QED) is 0.782. The molecule has 0 radical (unpaired) electrons. The highest BCUT2D eigenvalue weighted by Gasteiger charge is 2.17. The second kappa shape index (κ2) is 7.75. The van der Waals surface area contributed by atoms with Gasteiger partial charge in [0.05, 0.1) is 23.7 Å². The molecular weight excluding hydrogens is 330 g/mol. The van der Waals surface area contributed by atoms with Gasteiger partial charge in [-0.15, -0.1) is 11.8 Å². The zero-order chi connectivity index (χ0) is 17.0. The maximum absolute atomic E-state index is 12.6. The first-order valence-electron chi connectivity index (χ1n) is 7.25. The van der Waals surface area contributed by atoms with Crippen LogP contribution in [-0.4, -0.2) is 19.3 Å². The standard InChI is InChI=1S/C18H20ClNO2S/c1-11-5-8-17(22-3)14(9-11)12(2)20-18(21)15-10-13(23-4)6-7-16(15)19/h5-10,12H,1-4H3,(H,20,21). The molecule has 1 N–H and O–H groups in total. The van der Waals surface area contributed by atoms with Gasteiger partial charge in [-0.25, -0.2) is 0 Å². The van der Waals surface area contributed by atoms with Gasteiger partial charge in [0.2, 0.25) is 0 Å². The highest BCUT2D eigenvalue weighted by molar-refractivity contribution is 7.98. The van der Waals surface area contributed by atoms with Crippen LogP contribution in [0.15, 0.2) is 41.3 Å². The van der Waals surface area contributed by atoms with Gasteiger partial charge in [0.1, 0.15) is 5.75 Å². The predicted octanol–water partition coefficient (Wildman–Crippen LogP) is 4.87. The summed E-state index contributed by atoms with van der Waals surface area (Å²) in [7, 11) is 1.63. The molecule has 0 aliphatic heterocycles. The van der Waals surface area contributed by atoms with Crippen LogP contribution in [0.25, 0.3) is 0 Å². The molecule has 0 aliphatic carbocycles. The number of amides is 1. The molecule has 3 nitrogen and oxygen atoms in total. The molecule has 5 heteroatoms. The van der Waals surface area contributed by atoms with Crippen molar-refractivity contribution in [2.24, 2.45) is 0 Å². The molecule has 1 amide bonds. The zero-order valence-electron chi connectivity index (χ0n) is 13.6. The lowest BCUT2D eigenvalue weighted by Gasteiger charge is -2.18. The van der Waals surface area contributed by atoms with E-state index in [4.69, 9.17) is 16.3 Å². The van der Waals surface area contributed by atoms with Crippen molar-refractivity contribution in [3.8, 4) is 5.75 Å². The lowest BCUT2D eigenvalue weighted by molar-refractivity contribution is 0.0939. The Morgan fingerprint density at radius 1 is 1.26 bits per heavy atom. The number of carbonyl (C=O) groups is 1. The van der Waals surface area contributed by atoms with Crippen molar-refractivity contribution >= 4 is 29.3 Å². The Bertz CT molecular complexity index is 718. The van der Waals surface area contributed by atoms with E-state index in [1.54, 1.807) is 24.9 Å². The second-order valence-corrected chi connectivity index (χ2v) is 6.57. The molecule has 2 aromatic rings. The molecule has 0 spiro atoms. The van der Waals surface area contributed by atoms with Crippen LogP contribution in [-0.2, 0) is 0 Å². The number of halogens is 1. The van der Waals surface area contributed by atoms with Crippen molar-refractivity contribution < 1.29 is 9.53 Å². The van der Waals surface area contributed by atoms with Gasteiger partial charge in [-0.2, -0.15) is 0 Å². The lowest BCUT2D eigenvalue weighted by Crippen LogP contribution is -2.27. The highest BCUT2D eigenvalue weighted by Crippen LogP contribution is 2.28. The Labute approximate surface area is 146 Å². The summed E-state index contributed by atoms with van der Waals surface area (Å²) in [6.07, 6.45) is 1.96. The van der Waals surface area contributed by atoms with E-state index in [1.165, 1.54) is 0 Å². The number of hydrogen-bond acceptors (Lipinski definition) is 3. The zero-order valence-corrected chi connectivity index (χ0v) is 15.2. The van der Waals surface area contributed by atoms with E-state index in [0.717, 1.165) is 21.8 Å².